The minimum absolute atomic E-state index is 0.226. The minimum atomic E-state index is 0.226. The summed E-state index contributed by atoms with van der Waals surface area (Å²) in [5.74, 6) is 0.226. The normalized spacial score (nSPS) is 10.2. The Hall–Kier alpha value is -1.36. The van der Waals surface area contributed by atoms with Crippen molar-refractivity contribution in [1.82, 2.24) is 14.8 Å². The van der Waals surface area contributed by atoms with Gasteiger partial charge in [-0.25, -0.2) is 0 Å². The highest BCUT2D eigenvalue weighted by Crippen LogP contribution is 2.24. The molecule has 13 heavy (non-hydrogen) atoms. The number of aromatic hydroxyl groups is 1. The molecule has 0 aliphatic heterocycles. The van der Waals surface area contributed by atoms with E-state index in [4.69, 9.17) is 5.11 Å². The van der Waals surface area contributed by atoms with E-state index in [1.165, 1.54) is 0 Å². The van der Waals surface area contributed by atoms with Gasteiger partial charge in [0, 0.05) is 4.47 Å². The lowest BCUT2D eigenvalue weighted by atomic mass is 10.3. The Labute approximate surface area is 83.0 Å². The fourth-order valence-corrected chi connectivity index (χ4v) is 1.60. The van der Waals surface area contributed by atoms with Gasteiger partial charge in [-0.2, -0.15) is 0 Å². The first-order chi connectivity index (χ1) is 6.27. The van der Waals surface area contributed by atoms with Gasteiger partial charge >= 0.3 is 0 Å². The molecule has 0 bridgehead atoms. The fourth-order valence-electron chi connectivity index (χ4n) is 1.03. The van der Waals surface area contributed by atoms with Crippen molar-refractivity contribution in [3.8, 4) is 11.4 Å². The maximum atomic E-state index is 9.16. The highest BCUT2D eigenvalue weighted by Gasteiger charge is 2.02. The average Bonchev–Trinajstić information content (AvgIpc) is 2.56. The predicted octanol–water partition coefficient (Wildman–Crippen LogP) is 1.74. The molecule has 2 aromatic rings. The van der Waals surface area contributed by atoms with E-state index < -0.39 is 0 Å². The maximum Gasteiger partial charge on any atom is 0.123 e. The molecular formula is C8H6BrN3O. The van der Waals surface area contributed by atoms with E-state index in [2.05, 4.69) is 26.1 Å². The molecule has 0 aliphatic rings. The van der Waals surface area contributed by atoms with Crippen molar-refractivity contribution < 1.29 is 5.11 Å². The van der Waals surface area contributed by atoms with Crippen LogP contribution in [-0.4, -0.2) is 19.9 Å². The van der Waals surface area contributed by atoms with E-state index in [1.807, 2.05) is 0 Å². The molecule has 0 saturated carbocycles. The number of aromatic nitrogens is 3. The summed E-state index contributed by atoms with van der Waals surface area (Å²) in [6.07, 6.45) is 3.19. The van der Waals surface area contributed by atoms with Gasteiger partial charge in [0.05, 0.1) is 5.69 Å². The molecular weight excluding hydrogens is 234 g/mol. The third kappa shape index (κ3) is 1.55. The second-order valence-electron chi connectivity index (χ2n) is 2.50. The van der Waals surface area contributed by atoms with Crippen LogP contribution in [0.3, 0.4) is 0 Å². The molecule has 1 aromatic heterocycles. The second-order valence-corrected chi connectivity index (χ2v) is 3.36. The highest BCUT2D eigenvalue weighted by molar-refractivity contribution is 9.10. The predicted molar refractivity (Wildman–Crippen MR) is 50.7 cm³/mol. The lowest BCUT2D eigenvalue weighted by Crippen LogP contribution is -1.90. The van der Waals surface area contributed by atoms with Gasteiger partial charge in [-0.1, -0.05) is 0 Å². The van der Waals surface area contributed by atoms with Crippen molar-refractivity contribution >= 4 is 15.9 Å². The zero-order valence-corrected chi connectivity index (χ0v) is 8.14. The molecule has 0 saturated heterocycles. The van der Waals surface area contributed by atoms with Gasteiger partial charge in [0.15, 0.2) is 0 Å². The van der Waals surface area contributed by atoms with Gasteiger partial charge in [-0.3, -0.25) is 4.57 Å². The Kier molecular flexibility index (Phi) is 2.02. The lowest BCUT2D eigenvalue weighted by molar-refractivity contribution is 0.475. The number of hydrogen-bond acceptors (Lipinski definition) is 3. The monoisotopic (exact) mass is 239 g/mol. The fraction of sp³-hybridized carbons (Fsp3) is 0. The number of phenolic OH excluding ortho intramolecular Hbond substituents is 1. The van der Waals surface area contributed by atoms with Crippen LogP contribution >= 0.6 is 15.9 Å². The summed E-state index contributed by atoms with van der Waals surface area (Å²) in [7, 11) is 0. The third-order valence-electron chi connectivity index (χ3n) is 1.63. The summed E-state index contributed by atoms with van der Waals surface area (Å²) in [6.45, 7) is 0. The topological polar surface area (TPSA) is 50.9 Å². The molecule has 5 heteroatoms. The van der Waals surface area contributed by atoms with Gasteiger partial charge in [-0.15, -0.1) is 10.2 Å². The van der Waals surface area contributed by atoms with Crippen molar-refractivity contribution in [2.75, 3.05) is 0 Å². The van der Waals surface area contributed by atoms with Crippen molar-refractivity contribution in [3.63, 3.8) is 0 Å². The van der Waals surface area contributed by atoms with Crippen LogP contribution in [0.2, 0.25) is 0 Å². The van der Waals surface area contributed by atoms with Crippen LogP contribution in [0.1, 0.15) is 0 Å². The molecule has 4 nitrogen and oxygen atoms in total. The van der Waals surface area contributed by atoms with Gasteiger partial charge in [0.2, 0.25) is 0 Å². The van der Waals surface area contributed by atoms with E-state index in [0.717, 1.165) is 10.2 Å². The lowest BCUT2D eigenvalue weighted by Gasteiger charge is -2.03. The smallest absolute Gasteiger partial charge is 0.123 e. The summed E-state index contributed by atoms with van der Waals surface area (Å²) in [5.41, 5.74) is 0.891. The first-order valence-corrected chi connectivity index (χ1v) is 4.40. The number of hydrogen-bond donors (Lipinski definition) is 1. The molecule has 0 atom stereocenters. The van der Waals surface area contributed by atoms with Crippen molar-refractivity contribution in [2.45, 2.75) is 0 Å². The molecule has 0 amide bonds. The van der Waals surface area contributed by atoms with Crippen molar-refractivity contribution in [3.05, 3.63) is 35.3 Å². The SMILES string of the molecule is Oc1ccc(-n2cnnc2)c(Br)c1. The number of benzene rings is 1. The highest BCUT2D eigenvalue weighted by atomic mass is 79.9. The Morgan fingerprint density at radius 1 is 1.23 bits per heavy atom. The standard InChI is InChI=1S/C8H6BrN3O/c9-7-3-6(13)1-2-8(7)12-4-10-11-5-12/h1-5,13H. The number of halogens is 1. The Balaban J connectivity index is 2.53. The zero-order valence-electron chi connectivity index (χ0n) is 6.55. The molecule has 2 rings (SSSR count). The molecule has 0 spiro atoms. The van der Waals surface area contributed by atoms with Crippen LogP contribution in [0.15, 0.2) is 35.3 Å². The average molecular weight is 240 g/mol. The quantitative estimate of drug-likeness (QED) is 0.825. The van der Waals surface area contributed by atoms with Crippen LogP contribution in [0.4, 0.5) is 0 Å². The van der Waals surface area contributed by atoms with Crippen molar-refractivity contribution in [1.29, 1.82) is 0 Å². The van der Waals surface area contributed by atoms with E-state index in [-0.39, 0.29) is 5.75 Å². The van der Waals surface area contributed by atoms with Crippen LogP contribution < -0.4 is 0 Å². The van der Waals surface area contributed by atoms with E-state index in [0.29, 0.717) is 0 Å². The van der Waals surface area contributed by atoms with E-state index in [9.17, 15) is 0 Å². The number of rotatable bonds is 1. The first kappa shape index (κ1) is 8.25. The minimum Gasteiger partial charge on any atom is -0.508 e. The molecule has 0 unspecified atom stereocenters. The molecule has 1 aromatic carbocycles. The molecule has 0 fully saturated rings. The summed E-state index contributed by atoms with van der Waals surface area (Å²) in [4.78, 5) is 0. The first-order valence-electron chi connectivity index (χ1n) is 3.61. The van der Waals surface area contributed by atoms with Gasteiger partial charge in [-0.05, 0) is 34.1 Å². The van der Waals surface area contributed by atoms with Crippen LogP contribution in [-0.2, 0) is 0 Å². The molecule has 0 radical (unpaired) electrons. The van der Waals surface area contributed by atoms with Gasteiger partial charge in [0.25, 0.3) is 0 Å². The maximum absolute atomic E-state index is 9.16. The summed E-state index contributed by atoms with van der Waals surface area (Å²) in [6, 6.07) is 5.01. The van der Waals surface area contributed by atoms with E-state index >= 15 is 0 Å². The zero-order chi connectivity index (χ0) is 9.26. The molecule has 1 N–H and O–H groups in total. The Morgan fingerprint density at radius 2 is 1.92 bits per heavy atom. The van der Waals surface area contributed by atoms with Crippen LogP contribution in [0.5, 0.6) is 5.75 Å². The number of phenols is 1. The van der Waals surface area contributed by atoms with Crippen molar-refractivity contribution in [2.24, 2.45) is 0 Å². The van der Waals surface area contributed by atoms with Crippen LogP contribution in [0, 0.1) is 0 Å². The van der Waals surface area contributed by atoms with Gasteiger partial charge in [0.1, 0.15) is 18.4 Å². The number of nitrogens with zero attached hydrogens (tertiary/aromatic N) is 3. The van der Waals surface area contributed by atoms with Gasteiger partial charge < -0.3 is 5.11 Å². The van der Waals surface area contributed by atoms with E-state index in [1.54, 1.807) is 35.4 Å². The Morgan fingerprint density at radius 3 is 2.54 bits per heavy atom. The third-order valence-corrected chi connectivity index (χ3v) is 2.26. The summed E-state index contributed by atoms with van der Waals surface area (Å²) < 4.78 is 2.55. The summed E-state index contributed by atoms with van der Waals surface area (Å²) >= 11 is 3.33. The molecule has 0 aliphatic carbocycles. The Bertz CT molecular complexity index is 413. The molecule has 66 valence electrons. The van der Waals surface area contributed by atoms with Crippen LogP contribution in [0.25, 0.3) is 5.69 Å². The largest absolute Gasteiger partial charge is 0.508 e. The molecule has 1 heterocycles. The summed E-state index contributed by atoms with van der Waals surface area (Å²) in [5, 5.41) is 16.5. The second kappa shape index (κ2) is 3.18.